The Balaban J connectivity index is 1.81. The van der Waals surface area contributed by atoms with Crippen LogP contribution in [0.25, 0.3) is 11.1 Å². The van der Waals surface area contributed by atoms with E-state index in [1.165, 1.54) is 0 Å². The smallest absolute Gasteiger partial charge is 0.277 e. The number of rotatable bonds is 2. The zero-order valence-electron chi connectivity index (χ0n) is 14.0. The SMILES string of the molecule is Cc1cc(-c2cnn3c2C(=O)N(c2ccc(Br)cc2)CC3C)ccn1. The highest BCUT2D eigenvalue weighted by Gasteiger charge is 2.33. The first-order chi connectivity index (χ1) is 12.0. The van der Waals surface area contributed by atoms with E-state index in [4.69, 9.17) is 0 Å². The Labute approximate surface area is 154 Å². The van der Waals surface area contributed by atoms with Crippen LogP contribution in [0.2, 0.25) is 0 Å². The van der Waals surface area contributed by atoms with Gasteiger partial charge in [-0.25, -0.2) is 0 Å². The maximum Gasteiger partial charge on any atom is 0.277 e. The molecule has 3 aromatic rings. The number of aryl methyl sites for hydroxylation is 1. The molecule has 5 nitrogen and oxygen atoms in total. The van der Waals surface area contributed by atoms with E-state index in [-0.39, 0.29) is 11.9 Å². The maximum absolute atomic E-state index is 13.2. The van der Waals surface area contributed by atoms with Gasteiger partial charge in [-0.15, -0.1) is 0 Å². The molecule has 4 rings (SSSR count). The summed E-state index contributed by atoms with van der Waals surface area (Å²) in [5.41, 5.74) is 4.26. The van der Waals surface area contributed by atoms with Crippen molar-refractivity contribution in [3.8, 4) is 11.1 Å². The van der Waals surface area contributed by atoms with Crippen molar-refractivity contribution in [1.82, 2.24) is 14.8 Å². The maximum atomic E-state index is 13.2. The van der Waals surface area contributed by atoms with E-state index in [1.807, 2.05) is 52.9 Å². The summed E-state index contributed by atoms with van der Waals surface area (Å²) in [6, 6.07) is 11.8. The van der Waals surface area contributed by atoms with Gasteiger partial charge in [-0.1, -0.05) is 15.9 Å². The molecule has 1 aliphatic heterocycles. The lowest BCUT2D eigenvalue weighted by Gasteiger charge is -2.32. The summed E-state index contributed by atoms with van der Waals surface area (Å²) < 4.78 is 2.83. The van der Waals surface area contributed by atoms with Gasteiger partial charge in [0.25, 0.3) is 5.91 Å². The van der Waals surface area contributed by atoms with Crippen LogP contribution in [0.1, 0.15) is 29.1 Å². The number of amides is 1. The highest BCUT2D eigenvalue weighted by Crippen LogP contribution is 2.33. The molecule has 0 fully saturated rings. The number of halogens is 1. The molecule has 2 aromatic heterocycles. The molecular formula is C19H17BrN4O. The molecule has 0 bridgehead atoms. The topological polar surface area (TPSA) is 51.0 Å². The molecule has 0 saturated carbocycles. The van der Waals surface area contributed by atoms with Crippen LogP contribution < -0.4 is 4.90 Å². The van der Waals surface area contributed by atoms with Crippen molar-refractivity contribution in [2.75, 3.05) is 11.4 Å². The van der Waals surface area contributed by atoms with Crippen molar-refractivity contribution in [3.05, 3.63) is 64.7 Å². The molecule has 6 heteroatoms. The molecule has 1 amide bonds. The van der Waals surface area contributed by atoms with Gasteiger partial charge in [0.1, 0.15) is 5.69 Å². The highest BCUT2D eigenvalue weighted by molar-refractivity contribution is 9.10. The van der Waals surface area contributed by atoms with E-state index in [0.717, 1.165) is 27.0 Å². The largest absolute Gasteiger partial charge is 0.305 e. The average Bonchev–Trinajstić information content (AvgIpc) is 3.05. The van der Waals surface area contributed by atoms with Crippen molar-refractivity contribution in [2.24, 2.45) is 0 Å². The van der Waals surface area contributed by atoms with Crippen LogP contribution in [0.5, 0.6) is 0 Å². The van der Waals surface area contributed by atoms with Crippen LogP contribution in [-0.4, -0.2) is 27.2 Å². The van der Waals surface area contributed by atoms with Crippen LogP contribution in [0.15, 0.2) is 53.3 Å². The molecule has 126 valence electrons. The zero-order valence-corrected chi connectivity index (χ0v) is 15.6. The van der Waals surface area contributed by atoms with E-state index in [2.05, 4.69) is 32.9 Å². The third kappa shape index (κ3) is 2.76. The van der Waals surface area contributed by atoms with Gasteiger partial charge in [0, 0.05) is 34.2 Å². The quantitative estimate of drug-likeness (QED) is 0.650. The molecule has 0 radical (unpaired) electrons. The highest BCUT2D eigenvalue weighted by atomic mass is 79.9. The van der Waals surface area contributed by atoms with Gasteiger partial charge >= 0.3 is 0 Å². The summed E-state index contributed by atoms with van der Waals surface area (Å²) in [5.74, 6) is -0.0256. The number of nitrogens with zero attached hydrogens (tertiary/aromatic N) is 4. The number of benzene rings is 1. The molecule has 0 aliphatic carbocycles. The lowest BCUT2D eigenvalue weighted by molar-refractivity contribution is 0.0954. The Morgan fingerprint density at radius 2 is 1.96 bits per heavy atom. The third-order valence-electron chi connectivity index (χ3n) is 4.45. The Hall–Kier alpha value is -2.47. The molecule has 0 saturated heterocycles. The second kappa shape index (κ2) is 6.11. The monoisotopic (exact) mass is 396 g/mol. The minimum absolute atomic E-state index is 0.0256. The van der Waals surface area contributed by atoms with Gasteiger partial charge < -0.3 is 4.90 Å². The van der Waals surface area contributed by atoms with Crippen LogP contribution in [0.4, 0.5) is 5.69 Å². The van der Waals surface area contributed by atoms with Crippen LogP contribution in [0, 0.1) is 6.92 Å². The number of hydrogen-bond donors (Lipinski definition) is 0. The minimum atomic E-state index is -0.0256. The Kier molecular flexibility index (Phi) is 3.92. The number of anilines is 1. The first-order valence-electron chi connectivity index (χ1n) is 8.12. The molecule has 0 N–H and O–H groups in total. The third-order valence-corrected chi connectivity index (χ3v) is 4.98. The van der Waals surface area contributed by atoms with E-state index < -0.39 is 0 Å². The standard InChI is InChI=1S/C19H17BrN4O/c1-12-9-14(7-8-21-12)17-10-22-24-13(2)11-23(19(25)18(17)24)16-5-3-15(20)4-6-16/h3-10,13H,11H2,1-2H3. The first kappa shape index (κ1) is 16.0. The van der Waals surface area contributed by atoms with Gasteiger partial charge in [-0.2, -0.15) is 5.10 Å². The Morgan fingerprint density at radius 3 is 2.68 bits per heavy atom. The summed E-state index contributed by atoms with van der Waals surface area (Å²) in [6.07, 6.45) is 3.54. The normalized spacial score (nSPS) is 16.8. The number of hydrogen-bond acceptors (Lipinski definition) is 3. The fraction of sp³-hybridized carbons (Fsp3) is 0.211. The van der Waals surface area contributed by atoms with Gasteiger partial charge in [-0.3, -0.25) is 14.5 Å². The summed E-state index contributed by atoms with van der Waals surface area (Å²) in [6.45, 7) is 4.62. The lowest BCUT2D eigenvalue weighted by atomic mass is 10.0. The van der Waals surface area contributed by atoms with Crippen molar-refractivity contribution >= 4 is 27.5 Å². The van der Waals surface area contributed by atoms with Crippen molar-refractivity contribution in [2.45, 2.75) is 19.9 Å². The molecule has 3 heterocycles. The van der Waals surface area contributed by atoms with Gasteiger partial charge in [0.05, 0.1) is 12.2 Å². The molecular weight excluding hydrogens is 380 g/mol. The summed E-state index contributed by atoms with van der Waals surface area (Å²) >= 11 is 3.44. The van der Waals surface area contributed by atoms with E-state index >= 15 is 0 Å². The fourth-order valence-electron chi connectivity index (χ4n) is 3.23. The molecule has 1 atom stereocenters. The average molecular weight is 397 g/mol. The molecule has 25 heavy (non-hydrogen) atoms. The molecule has 1 aromatic carbocycles. The summed E-state index contributed by atoms with van der Waals surface area (Å²) in [5, 5.41) is 4.48. The molecule has 1 unspecified atom stereocenters. The van der Waals surface area contributed by atoms with Crippen molar-refractivity contribution < 1.29 is 4.79 Å². The van der Waals surface area contributed by atoms with Gasteiger partial charge in [0.2, 0.25) is 0 Å². The number of carbonyl (C=O) groups is 1. The minimum Gasteiger partial charge on any atom is -0.305 e. The second-order valence-electron chi connectivity index (χ2n) is 6.28. The van der Waals surface area contributed by atoms with E-state index in [1.54, 1.807) is 12.4 Å². The van der Waals surface area contributed by atoms with Crippen molar-refractivity contribution in [3.63, 3.8) is 0 Å². The Morgan fingerprint density at radius 1 is 1.20 bits per heavy atom. The number of carbonyl (C=O) groups excluding carboxylic acids is 1. The Bertz CT molecular complexity index is 948. The van der Waals surface area contributed by atoms with Crippen LogP contribution >= 0.6 is 15.9 Å². The predicted octanol–water partition coefficient (Wildman–Crippen LogP) is 4.24. The van der Waals surface area contributed by atoms with Gasteiger partial charge in [0.15, 0.2) is 0 Å². The number of pyridine rings is 1. The first-order valence-corrected chi connectivity index (χ1v) is 8.92. The summed E-state index contributed by atoms with van der Waals surface area (Å²) in [7, 11) is 0. The number of aromatic nitrogens is 3. The van der Waals surface area contributed by atoms with Gasteiger partial charge in [-0.05, 0) is 55.8 Å². The van der Waals surface area contributed by atoms with E-state index in [9.17, 15) is 4.79 Å². The van der Waals surface area contributed by atoms with E-state index in [0.29, 0.717) is 12.2 Å². The van der Waals surface area contributed by atoms with Crippen LogP contribution in [-0.2, 0) is 0 Å². The number of fused-ring (bicyclic) bond motifs is 1. The second-order valence-corrected chi connectivity index (χ2v) is 7.19. The lowest BCUT2D eigenvalue weighted by Crippen LogP contribution is -2.42. The summed E-state index contributed by atoms with van der Waals surface area (Å²) in [4.78, 5) is 19.3. The van der Waals surface area contributed by atoms with Crippen molar-refractivity contribution in [1.29, 1.82) is 0 Å². The molecule has 1 aliphatic rings. The predicted molar refractivity (Wildman–Crippen MR) is 101 cm³/mol. The zero-order chi connectivity index (χ0) is 17.6. The fourth-order valence-corrected chi connectivity index (χ4v) is 3.49. The van der Waals surface area contributed by atoms with Crippen LogP contribution in [0.3, 0.4) is 0 Å². The molecule has 0 spiro atoms.